The third-order valence-electron chi connectivity index (χ3n) is 5.67. The van der Waals surface area contributed by atoms with Crippen LogP contribution in [-0.2, 0) is 0 Å². The molecule has 0 saturated carbocycles. The van der Waals surface area contributed by atoms with E-state index < -0.39 is 0 Å². The fourth-order valence-electron chi connectivity index (χ4n) is 3.97. The summed E-state index contributed by atoms with van der Waals surface area (Å²) in [5.41, 5.74) is 2.03. The zero-order valence-electron chi connectivity index (χ0n) is 19.1. The quantitative estimate of drug-likeness (QED) is 0.525. The molecule has 1 fully saturated rings. The second kappa shape index (κ2) is 10.9. The van der Waals surface area contributed by atoms with Crippen molar-refractivity contribution in [3.8, 4) is 11.5 Å². The third-order valence-corrected chi connectivity index (χ3v) is 5.67. The monoisotopic (exact) mass is 425 g/mol. The van der Waals surface area contributed by atoms with Crippen LogP contribution < -0.4 is 15.0 Å². The first-order chi connectivity index (χ1) is 15.0. The molecule has 1 heterocycles. The minimum absolute atomic E-state index is 0.118. The number of nitrogens with zero attached hydrogens (tertiary/aromatic N) is 4. The van der Waals surface area contributed by atoms with Crippen molar-refractivity contribution < 1.29 is 9.84 Å². The van der Waals surface area contributed by atoms with Crippen LogP contribution in [0.15, 0.2) is 53.5 Å². The van der Waals surface area contributed by atoms with Gasteiger partial charge < -0.3 is 29.9 Å². The molecule has 0 spiro atoms. The van der Waals surface area contributed by atoms with E-state index in [1.54, 1.807) is 13.2 Å². The Bertz CT molecular complexity index is 863. The Morgan fingerprint density at radius 1 is 1.10 bits per heavy atom. The highest BCUT2D eigenvalue weighted by Crippen LogP contribution is 2.29. The first-order valence-corrected chi connectivity index (χ1v) is 10.9. The smallest absolute Gasteiger partial charge is 0.194 e. The summed E-state index contributed by atoms with van der Waals surface area (Å²) in [6, 6.07) is 15.8. The molecule has 1 saturated heterocycles. The molecule has 0 bridgehead atoms. The van der Waals surface area contributed by atoms with Gasteiger partial charge in [0.05, 0.1) is 25.4 Å². The molecule has 2 N–H and O–H groups in total. The summed E-state index contributed by atoms with van der Waals surface area (Å²) in [6.07, 6.45) is 0. The summed E-state index contributed by atoms with van der Waals surface area (Å²) in [6.45, 7) is 6.92. The lowest BCUT2D eigenvalue weighted by Gasteiger charge is -2.38. The predicted octanol–water partition coefficient (Wildman–Crippen LogP) is 2.79. The van der Waals surface area contributed by atoms with Crippen LogP contribution in [0.3, 0.4) is 0 Å². The second-order valence-corrected chi connectivity index (χ2v) is 7.88. The molecular weight excluding hydrogens is 390 g/mol. The van der Waals surface area contributed by atoms with Crippen LogP contribution in [0.2, 0.25) is 0 Å². The highest BCUT2D eigenvalue weighted by Gasteiger charge is 2.23. The highest BCUT2D eigenvalue weighted by atomic mass is 16.5. The van der Waals surface area contributed by atoms with Crippen molar-refractivity contribution >= 4 is 11.6 Å². The number of hydrogen-bond acceptors (Lipinski definition) is 5. The van der Waals surface area contributed by atoms with Gasteiger partial charge in [-0.2, -0.15) is 0 Å². The number of hydrogen-bond donors (Lipinski definition) is 2. The summed E-state index contributed by atoms with van der Waals surface area (Å²) in [5, 5.41) is 13.6. The first kappa shape index (κ1) is 22.7. The van der Waals surface area contributed by atoms with Crippen molar-refractivity contribution in [3.05, 3.63) is 54.1 Å². The van der Waals surface area contributed by atoms with Crippen molar-refractivity contribution in [1.82, 2.24) is 15.1 Å². The molecule has 168 valence electrons. The number of aromatic hydroxyl groups is 1. The summed E-state index contributed by atoms with van der Waals surface area (Å²) in [7, 11) is 5.86. The Hall–Kier alpha value is -2.93. The number of phenols is 1. The number of ether oxygens (including phenoxy) is 1. The van der Waals surface area contributed by atoms with E-state index in [2.05, 4.69) is 47.1 Å². The molecule has 0 radical (unpaired) electrons. The lowest BCUT2D eigenvalue weighted by molar-refractivity contribution is 0.293. The van der Waals surface area contributed by atoms with Gasteiger partial charge in [-0.1, -0.05) is 30.3 Å². The van der Waals surface area contributed by atoms with E-state index >= 15 is 0 Å². The maximum Gasteiger partial charge on any atom is 0.194 e. The highest BCUT2D eigenvalue weighted by molar-refractivity contribution is 5.80. The molecule has 7 nitrogen and oxygen atoms in total. The Morgan fingerprint density at radius 2 is 1.77 bits per heavy atom. The average Bonchev–Trinajstić information content (AvgIpc) is 2.79. The normalized spacial score (nSPS) is 15.8. The summed E-state index contributed by atoms with van der Waals surface area (Å²) in [4.78, 5) is 11.7. The Morgan fingerprint density at radius 3 is 2.42 bits per heavy atom. The minimum Gasteiger partial charge on any atom is -0.506 e. The lowest BCUT2D eigenvalue weighted by Crippen LogP contribution is -2.52. The van der Waals surface area contributed by atoms with E-state index in [9.17, 15) is 5.11 Å². The summed E-state index contributed by atoms with van der Waals surface area (Å²) in [5.74, 6) is 2.15. The number of phenolic OH excluding ortho intramolecular Hbond substituents is 1. The van der Waals surface area contributed by atoms with Crippen molar-refractivity contribution in [2.75, 3.05) is 65.4 Å². The van der Waals surface area contributed by atoms with Crippen LogP contribution in [0.4, 0.5) is 5.69 Å². The molecule has 2 aromatic carbocycles. The topological polar surface area (TPSA) is 63.6 Å². The molecule has 0 aromatic heterocycles. The van der Waals surface area contributed by atoms with Gasteiger partial charge in [0.25, 0.3) is 0 Å². The number of para-hydroxylation sites is 3. The van der Waals surface area contributed by atoms with Crippen molar-refractivity contribution in [3.63, 3.8) is 0 Å². The number of benzene rings is 2. The van der Waals surface area contributed by atoms with Crippen LogP contribution in [0, 0.1) is 0 Å². The third kappa shape index (κ3) is 5.61. The number of methoxy groups -OCH3 is 1. The zero-order valence-corrected chi connectivity index (χ0v) is 19.1. The number of nitrogens with one attached hydrogen (secondary N) is 1. The molecule has 0 aliphatic carbocycles. The van der Waals surface area contributed by atoms with Crippen LogP contribution in [0.25, 0.3) is 0 Å². The van der Waals surface area contributed by atoms with Crippen LogP contribution in [0.5, 0.6) is 11.5 Å². The SMILES string of the molecule is CCNC(=NCC(c1ccccc1OC)N(C)C)N1CCN(c2ccccc2O)CC1. The van der Waals surface area contributed by atoms with E-state index in [4.69, 9.17) is 9.73 Å². The molecule has 1 unspecified atom stereocenters. The van der Waals surface area contributed by atoms with Gasteiger partial charge in [0, 0.05) is 38.3 Å². The molecule has 1 aliphatic rings. The fourth-order valence-corrected chi connectivity index (χ4v) is 3.97. The van der Waals surface area contributed by atoms with E-state index in [1.807, 2.05) is 36.4 Å². The lowest BCUT2D eigenvalue weighted by atomic mass is 10.0. The van der Waals surface area contributed by atoms with Crippen molar-refractivity contribution in [2.45, 2.75) is 13.0 Å². The van der Waals surface area contributed by atoms with Gasteiger partial charge in [0.1, 0.15) is 11.5 Å². The number of likely N-dealkylation sites (N-methyl/N-ethyl adjacent to an activating group) is 1. The second-order valence-electron chi connectivity index (χ2n) is 7.88. The molecule has 7 heteroatoms. The Balaban J connectivity index is 1.72. The van der Waals surface area contributed by atoms with Gasteiger partial charge in [-0.05, 0) is 39.2 Å². The van der Waals surface area contributed by atoms with E-state index in [1.165, 1.54) is 0 Å². The molecule has 3 rings (SSSR count). The Kier molecular flexibility index (Phi) is 8.00. The maximum absolute atomic E-state index is 10.2. The first-order valence-electron chi connectivity index (χ1n) is 10.9. The summed E-state index contributed by atoms with van der Waals surface area (Å²) < 4.78 is 5.58. The summed E-state index contributed by atoms with van der Waals surface area (Å²) >= 11 is 0. The number of rotatable bonds is 7. The van der Waals surface area contributed by atoms with E-state index in [-0.39, 0.29) is 6.04 Å². The van der Waals surface area contributed by atoms with Gasteiger partial charge in [-0.25, -0.2) is 0 Å². The number of guanidine groups is 1. The van der Waals surface area contributed by atoms with Gasteiger partial charge in [0.2, 0.25) is 0 Å². The molecule has 1 atom stereocenters. The number of aliphatic imine (C=N–C) groups is 1. The molecule has 31 heavy (non-hydrogen) atoms. The van der Waals surface area contributed by atoms with Crippen molar-refractivity contribution in [2.24, 2.45) is 4.99 Å². The minimum atomic E-state index is 0.118. The molecule has 0 amide bonds. The predicted molar refractivity (Wildman–Crippen MR) is 127 cm³/mol. The Labute approximate surface area is 185 Å². The van der Waals surface area contributed by atoms with E-state index in [0.717, 1.165) is 55.7 Å². The zero-order chi connectivity index (χ0) is 22.2. The number of anilines is 1. The average molecular weight is 426 g/mol. The van der Waals surface area contributed by atoms with Gasteiger partial charge in [-0.3, -0.25) is 4.99 Å². The van der Waals surface area contributed by atoms with Crippen molar-refractivity contribution in [1.29, 1.82) is 0 Å². The van der Waals surface area contributed by atoms with Crippen LogP contribution in [-0.4, -0.2) is 81.3 Å². The van der Waals surface area contributed by atoms with Crippen LogP contribution >= 0.6 is 0 Å². The van der Waals surface area contributed by atoms with Gasteiger partial charge >= 0.3 is 0 Å². The molecule has 2 aromatic rings. The maximum atomic E-state index is 10.2. The molecule has 1 aliphatic heterocycles. The molecular formula is C24H35N5O2. The fraction of sp³-hybridized carbons (Fsp3) is 0.458. The largest absolute Gasteiger partial charge is 0.506 e. The van der Waals surface area contributed by atoms with Gasteiger partial charge in [0.15, 0.2) is 5.96 Å². The van der Waals surface area contributed by atoms with E-state index in [0.29, 0.717) is 12.3 Å². The standard InChI is InChI=1S/C24H35N5O2/c1-5-25-24(26-18-21(27(2)3)19-10-6-9-13-23(19)31-4)29-16-14-28(15-17-29)20-11-7-8-12-22(20)30/h6-13,21,30H,5,14-18H2,1-4H3,(H,25,26). The van der Waals surface area contributed by atoms with Crippen LogP contribution in [0.1, 0.15) is 18.5 Å². The van der Waals surface area contributed by atoms with Gasteiger partial charge in [-0.15, -0.1) is 0 Å². The number of piperazine rings is 1.